The molecule has 0 fully saturated rings. The number of hydrogen-bond acceptors (Lipinski definition) is 2. The molecule has 0 saturated carbocycles. The van der Waals surface area contributed by atoms with E-state index in [0.717, 1.165) is 17.7 Å². The standard InChI is InChI=1S/C16H15BrF3NO/c17-13-8-11(7-12(9-13)16(18,19)20)15(21)14(22)6-10-4-2-1-3-5-10/h1-5,7-9,14-15,22H,6,21H2/t14-,15+/m1/s1. The highest BCUT2D eigenvalue weighted by Crippen LogP contribution is 2.33. The molecule has 0 aliphatic heterocycles. The summed E-state index contributed by atoms with van der Waals surface area (Å²) in [5.41, 5.74) is 6.25. The number of nitrogens with two attached hydrogens (primary N) is 1. The molecule has 22 heavy (non-hydrogen) atoms. The molecule has 0 amide bonds. The summed E-state index contributed by atoms with van der Waals surface area (Å²) in [5, 5.41) is 10.2. The lowest BCUT2D eigenvalue weighted by Crippen LogP contribution is -2.28. The molecule has 0 aliphatic rings. The van der Waals surface area contributed by atoms with E-state index in [9.17, 15) is 18.3 Å². The van der Waals surface area contributed by atoms with Gasteiger partial charge < -0.3 is 10.8 Å². The van der Waals surface area contributed by atoms with Crippen molar-refractivity contribution in [3.05, 3.63) is 69.7 Å². The van der Waals surface area contributed by atoms with Gasteiger partial charge in [0.25, 0.3) is 0 Å². The van der Waals surface area contributed by atoms with Crippen molar-refractivity contribution in [3.8, 4) is 0 Å². The van der Waals surface area contributed by atoms with Crippen LogP contribution in [0.1, 0.15) is 22.7 Å². The second-order valence-corrected chi connectivity index (χ2v) is 5.97. The van der Waals surface area contributed by atoms with Gasteiger partial charge in [0.15, 0.2) is 0 Å². The molecule has 2 atom stereocenters. The van der Waals surface area contributed by atoms with Crippen molar-refractivity contribution < 1.29 is 18.3 Å². The third-order valence-electron chi connectivity index (χ3n) is 3.33. The van der Waals surface area contributed by atoms with Crippen LogP contribution in [0.2, 0.25) is 0 Å². The number of alkyl halides is 3. The monoisotopic (exact) mass is 373 g/mol. The highest BCUT2D eigenvalue weighted by Gasteiger charge is 2.32. The Labute approximate surface area is 134 Å². The van der Waals surface area contributed by atoms with Gasteiger partial charge in [0.2, 0.25) is 0 Å². The van der Waals surface area contributed by atoms with Crippen LogP contribution in [0.4, 0.5) is 13.2 Å². The quantitative estimate of drug-likeness (QED) is 0.848. The van der Waals surface area contributed by atoms with Crippen molar-refractivity contribution in [1.29, 1.82) is 0 Å². The molecule has 0 saturated heterocycles. The summed E-state index contributed by atoms with van der Waals surface area (Å²) in [5.74, 6) is 0. The van der Waals surface area contributed by atoms with E-state index in [1.54, 1.807) is 0 Å². The van der Waals surface area contributed by atoms with Crippen molar-refractivity contribution in [2.45, 2.75) is 24.7 Å². The molecule has 0 unspecified atom stereocenters. The lowest BCUT2D eigenvalue weighted by molar-refractivity contribution is -0.137. The fourth-order valence-electron chi connectivity index (χ4n) is 2.17. The lowest BCUT2D eigenvalue weighted by Gasteiger charge is -2.21. The first kappa shape index (κ1) is 17.0. The van der Waals surface area contributed by atoms with Gasteiger partial charge in [-0.25, -0.2) is 0 Å². The Hall–Kier alpha value is -1.37. The van der Waals surface area contributed by atoms with Crippen LogP contribution in [0.5, 0.6) is 0 Å². The van der Waals surface area contributed by atoms with Crippen LogP contribution >= 0.6 is 15.9 Å². The Kier molecular flexibility index (Phi) is 5.26. The van der Waals surface area contributed by atoms with Crippen molar-refractivity contribution in [2.24, 2.45) is 5.73 Å². The van der Waals surface area contributed by atoms with Crippen LogP contribution in [0.3, 0.4) is 0 Å². The summed E-state index contributed by atoms with van der Waals surface area (Å²) in [4.78, 5) is 0. The van der Waals surface area contributed by atoms with E-state index in [2.05, 4.69) is 15.9 Å². The van der Waals surface area contributed by atoms with E-state index < -0.39 is 23.9 Å². The largest absolute Gasteiger partial charge is 0.416 e. The second kappa shape index (κ2) is 6.81. The highest BCUT2D eigenvalue weighted by molar-refractivity contribution is 9.10. The molecular formula is C16H15BrF3NO. The second-order valence-electron chi connectivity index (χ2n) is 5.05. The maximum Gasteiger partial charge on any atom is 0.416 e. The van der Waals surface area contributed by atoms with Gasteiger partial charge in [-0.05, 0) is 29.3 Å². The number of aliphatic hydroxyl groups is 1. The van der Waals surface area contributed by atoms with Crippen LogP contribution in [0.25, 0.3) is 0 Å². The van der Waals surface area contributed by atoms with E-state index in [1.165, 1.54) is 6.07 Å². The molecular weight excluding hydrogens is 359 g/mol. The van der Waals surface area contributed by atoms with Gasteiger partial charge in [-0.1, -0.05) is 46.3 Å². The van der Waals surface area contributed by atoms with Crippen molar-refractivity contribution >= 4 is 15.9 Å². The van der Waals surface area contributed by atoms with E-state index in [0.29, 0.717) is 0 Å². The smallest absolute Gasteiger partial charge is 0.391 e. The SMILES string of the molecule is N[C@@H](c1cc(Br)cc(C(F)(F)F)c1)[C@H](O)Cc1ccccc1. The predicted molar refractivity (Wildman–Crippen MR) is 82.2 cm³/mol. The summed E-state index contributed by atoms with van der Waals surface area (Å²) in [6.45, 7) is 0. The minimum Gasteiger partial charge on any atom is -0.391 e. The molecule has 0 aromatic heterocycles. The first-order valence-electron chi connectivity index (χ1n) is 6.62. The molecule has 2 aromatic rings. The van der Waals surface area contributed by atoms with Gasteiger partial charge in [-0.15, -0.1) is 0 Å². The zero-order valence-electron chi connectivity index (χ0n) is 11.5. The number of benzene rings is 2. The molecule has 0 radical (unpaired) electrons. The maximum atomic E-state index is 12.8. The Balaban J connectivity index is 2.21. The summed E-state index contributed by atoms with van der Waals surface area (Å²) in [7, 11) is 0. The number of hydrogen-bond donors (Lipinski definition) is 2. The zero-order valence-corrected chi connectivity index (χ0v) is 13.1. The van der Waals surface area contributed by atoms with Crippen molar-refractivity contribution in [2.75, 3.05) is 0 Å². The molecule has 0 aliphatic carbocycles. The summed E-state index contributed by atoms with van der Waals surface area (Å²) < 4.78 is 38.8. The van der Waals surface area contributed by atoms with Crippen LogP contribution in [0.15, 0.2) is 53.0 Å². The fourth-order valence-corrected chi connectivity index (χ4v) is 2.68. The third kappa shape index (κ3) is 4.32. The van der Waals surface area contributed by atoms with Gasteiger partial charge in [0.05, 0.1) is 17.7 Å². The average Bonchev–Trinajstić information content (AvgIpc) is 2.46. The first-order valence-corrected chi connectivity index (χ1v) is 7.42. The summed E-state index contributed by atoms with van der Waals surface area (Å²) in [6, 6.07) is 11.7. The maximum absolute atomic E-state index is 12.8. The van der Waals surface area contributed by atoms with Crippen LogP contribution in [-0.2, 0) is 12.6 Å². The average molecular weight is 374 g/mol. The fraction of sp³-hybridized carbons (Fsp3) is 0.250. The summed E-state index contributed by atoms with van der Waals surface area (Å²) >= 11 is 3.05. The Morgan fingerprint density at radius 2 is 1.73 bits per heavy atom. The normalized spacial score (nSPS) is 14.6. The zero-order chi connectivity index (χ0) is 16.3. The minimum absolute atomic E-state index is 0.241. The Bertz CT molecular complexity index is 631. The predicted octanol–water partition coefficient (Wildman–Crippen LogP) is 4.07. The minimum atomic E-state index is -4.46. The Morgan fingerprint density at radius 3 is 2.32 bits per heavy atom. The van der Waals surface area contributed by atoms with Crippen LogP contribution in [0, 0.1) is 0 Å². The highest BCUT2D eigenvalue weighted by atomic mass is 79.9. The molecule has 2 nitrogen and oxygen atoms in total. The van der Waals surface area contributed by atoms with E-state index in [1.807, 2.05) is 30.3 Å². The molecule has 2 aromatic carbocycles. The molecule has 0 bridgehead atoms. The van der Waals surface area contributed by atoms with Gasteiger partial charge in [0, 0.05) is 10.9 Å². The lowest BCUT2D eigenvalue weighted by atomic mass is 9.95. The van der Waals surface area contributed by atoms with Crippen LogP contribution in [-0.4, -0.2) is 11.2 Å². The van der Waals surface area contributed by atoms with E-state index >= 15 is 0 Å². The Morgan fingerprint density at radius 1 is 1.09 bits per heavy atom. The molecule has 3 N–H and O–H groups in total. The van der Waals surface area contributed by atoms with Gasteiger partial charge in [-0.3, -0.25) is 0 Å². The van der Waals surface area contributed by atoms with Gasteiger partial charge in [0.1, 0.15) is 0 Å². The third-order valence-corrected chi connectivity index (χ3v) is 3.79. The van der Waals surface area contributed by atoms with Gasteiger partial charge >= 0.3 is 6.18 Å². The summed E-state index contributed by atoms with van der Waals surface area (Å²) in [6.07, 6.45) is -5.16. The molecule has 2 rings (SSSR count). The molecule has 0 heterocycles. The first-order chi connectivity index (χ1) is 10.3. The van der Waals surface area contributed by atoms with Crippen molar-refractivity contribution in [3.63, 3.8) is 0 Å². The topological polar surface area (TPSA) is 46.2 Å². The molecule has 118 valence electrons. The van der Waals surface area contributed by atoms with Crippen LogP contribution < -0.4 is 5.73 Å². The number of rotatable bonds is 4. The molecule has 6 heteroatoms. The van der Waals surface area contributed by atoms with E-state index in [-0.39, 0.29) is 16.5 Å². The molecule has 0 spiro atoms. The van der Waals surface area contributed by atoms with Crippen molar-refractivity contribution in [1.82, 2.24) is 0 Å². The number of aliphatic hydroxyl groups excluding tert-OH is 1. The van der Waals surface area contributed by atoms with Gasteiger partial charge in [-0.2, -0.15) is 13.2 Å². The van der Waals surface area contributed by atoms with E-state index in [4.69, 9.17) is 5.73 Å². The number of halogens is 4.